The Kier molecular flexibility index (Phi) is 2.44. The molecule has 0 spiro atoms. The normalized spacial score (nSPS) is 9.09. The van der Waals surface area contributed by atoms with Crippen LogP contribution in [0.2, 0.25) is 0 Å². The molecular formula is C7H5BrN2O. The van der Waals surface area contributed by atoms with E-state index in [1.54, 1.807) is 6.07 Å². The summed E-state index contributed by atoms with van der Waals surface area (Å²) in [6.45, 7) is 0. The van der Waals surface area contributed by atoms with E-state index >= 15 is 0 Å². The molecule has 0 amide bonds. The maximum Gasteiger partial charge on any atom is 0.152 e. The third-order valence-corrected chi connectivity index (χ3v) is 1.81. The Morgan fingerprint density at radius 2 is 2.45 bits per heavy atom. The van der Waals surface area contributed by atoms with Crippen LogP contribution in [0, 0.1) is 11.3 Å². The van der Waals surface area contributed by atoms with Gasteiger partial charge in [0.25, 0.3) is 0 Å². The molecule has 0 atom stereocenters. The summed E-state index contributed by atoms with van der Waals surface area (Å²) in [5.41, 5.74) is 0.592. The first-order chi connectivity index (χ1) is 5.25. The van der Waals surface area contributed by atoms with E-state index in [2.05, 4.69) is 20.9 Å². The van der Waals surface area contributed by atoms with Gasteiger partial charge in [-0.25, -0.2) is 4.98 Å². The highest BCUT2D eigenvalue weighted by Crippen LogP contribution is 2.24. The predicted octanol–water partition coefficient (Wildman–Crippen LogP) is 1.62. The second-order valence-corrected chi connectivity index (χ2v) is 2.70. The molecule has 0 aromatic carbocycles. The molecule has 0 bridgehead atoms. The lowest BCUT2D eigenvalue weighted by atomic mass is 10.2. The number of hydrogen-bond acceptors (Lipinski definition) is 3. The number of halogens is 1. The number of aromatic hydroxyl groups is 1. The van der Waals surface area contributed by atoms with Gasteiger partial charge in [0.05, 0.1) is 12.5 Å². The van der Waals surface area contributed by atoms with Gasteiger partial charge in [-0.3, -0.25) is 0 Å². The smallest absolute Gasteiger partial charge is 0.152 e. The van der Waals surface area contributed by atoms with Crippen LogP contribution in [0.15, 0.2) is 16.9 Å². The van der Waals surface area contributed by atoms with Crippen molar-refractivity contribution in [2.24, 2.45) is 0 Å². The molecule has 1 aromatic rings. The van der Waals surface area contributed by atoms with Crippen LogP contribution in [0.3, 0.4) is 0 Å². The van der Waals surface area contributed by atoms with Gasteiger partial charge < -0.3 is 5.11 Å². The molecule has 0 aliphatic heterocycles. The van der Waals surface area contributed by atoms with Gasteiger partial charge in [0, 0.05) is 11.8 Å². The van der Waals surface area contributed by atoms with Crippen molar-refractivity contribution in [1.82, 2.24) is 4.98 Å². The molecular weight excluding hydrogens is 208 g/mol. The Morgan fingerprint density at radius 3 is 3.09 bits per heavy atom. The van der Waals surface area contributed by atoms with Gasteiger partial charge in [-0.1, -0.05) is 0 Å². The number of nitriles is 1. The first-order valence-electron chi connectivity index (χ1n) is 2.95. The SMILES string of the molecule is N#CCc1ccnc(Br)c1O. The summed E-state index contributed by atoms with van der Waals surface area (Å²) >= 11 is 3.05. The van der Waals surface area contributed by atoms with Gasteiger partial charge in [0.1, 0.15) is 4.60 Å². The molecule has 0 radical (unpaired) electrons. The maximum absolute atomic E-state index is 9.27. The third-order valence-electron chi connectivity index (χ3n) is 1.23. The average molecular weight is 213 g/mol. The molecule has 1 N–H and O–H groups in total. The Morgan fingerprint density at radius 1 is 1.73 bits per heavy atom. The van der Waals surface area contributed by atoms with Gasteiger partial charge in [0.2, 0.25) is 0 Å². The number of rotatable bonds is 1. The minimum absolute atomic E-state index is 0.0500. The molecule has 1 aromatic heterocycles. The van der Waals surface area contributed by atoms with E-state index in [-0.39, 0.29) is 12.2 Å². The molecule has 1 rings (SSSR count). The van der Waals surface area contributed by atoms with E-state index in [1.807, 2.05) is 6.07 Å². The summed E-state index contributed by atoms with van der Waals surface area (Å²) in [5.74, 6) is 0.0500. The highest BCUT2D eigenvalue weighted by atomic mass is 79.9. The summed E-state index contributed by atoms with van der Waals surface area (Å²) in [6.07, 6.45) is 1.74. The Balaban J connectivity index is 3.08. The van der Waals surface area contributed by atoms with Crippen LogP contribution in [0.5, 0.6) is 5.75 Å². The first-order valence-corrected chi connectivity index (χ1v) is 3.74. The largest absolute Gasteiger partial charge is 0.505 e. The second kappa shape index (κ2) is 3.35. The molecule has 0 saturated heterocycles. The van der Waals surface area contributed by atoms with Crippen LogP contribution in [-0.4, -0.2) is 10.1 Å². The number of aromatic nitrogens is 1. The van der Waals surface area contributed by atoms with Crippen molar-refractivity contribution in [3.8, 4) is 11.8 Å². The lowest BCUT2D eigenvalue weighted by Crippen LogP contribution is -1.85. The van der Waals surface area contributed by atoms with E-state index in [1.165, 1.54) is 6.20 Å². The van der Waals surface area contributed by atoms with E-state index < -0.39 is 0 Å². The fraction of sp³-hybridized carbons (Fsp3) is 0.143. The molecule has 4 heteroatoms. The van der Waals surface area contributed by atoms with Crippen molar-refractivity contribution in [2.45, 2.75) is 6.42 Å². The zero-order chi connectivity index (χ0) is 8.27. The molecule has 0 fully saturated rings. The van der Waals surface area contributed by atoms with Crippen LogP contribution in [0.25, 0.3) is 0 Å². The number of hydrogen-bond donors (Lipinski definition) is 1. The van der Waals surface area contributed by atoms with Crippen LogP contribution in [0.1, 0.15) is 5.56 Å². The van der Waals surface area contributed by atoms with Gasteiger partial charge in [-0.2, -0.15) is 5.26 Å². The van der Waals surface area contributed by atoms with E-state index in [4.69, 9.17) is 5.26 Å². The maximum atomic E-state index is 9.27. The molecule has 1 heterocycles. The molecule has 0 unspecified atom stereocenters. The molecule has 56 valence electrons. The monoisotopic (exact) mass is 212 g/mol. The van der Waals surface area contributed by atoms with Crippen molar-refractivity contribution in [1.29, 1.82) is 5.26 Å². The Labute approximate surface area is 72.4 Å². The summed E-state index contributed by atoms with van der Waals surface area (Å²) in [7, 11) is 0. The molecule has 0 saturated carbocycles. The van der Waals surface area contributed by atoms with E-state index in [0.717, 1.165) is 0 Å². The first kappa shape index (κ1) is 8.02. The predicted molar refractivity (Wildman–Crippen MR) is 42.9 cm³/mol. The zero-order valence-electron chi connectivity index (χ0n) is 5.58. The van der Waals surface area contributed by atoms with Crippen molar-refractivity contribution in [3.63, 3.8) is 0 Å². The summed E-state index contributed by atoms with van der Waals surface area (Å²) in [6, 6.07) is 3.56. The van der Waals surface area contributed by atoms with E-state index in [0.29, 0.717) is 10.2 Å². The van der Waals surface area contributed by atoms with Crippen molar-refractivity contribution < 1.29 is 5.11 Å². The van der Waals surface area contributed by atoms with Crippen molar-refractivity contribution in [3.05, 3.63) is 22.4 Å². The fourth-order valence-corrected chi connectivity index (χ4v) is 1.07. The molecule has 11 heavy (non-hydrogen) atoms. The number of pyridine rings is 1. The van der Waals surface area contributed by atoms with E-state index in [9.17, 15) is 5.11 Å². The van der Waals surface area contributed by atoms with Gasteiger partial charge in [-0.05, 0) is 22.0 Å². The zero-order valence-corrected chi connectivity index (χ0v) is 7.17. The quantitative estimate of drug-likeness (QED) is 0.721. The molecule has 0 aliphatic rings. The third kappa shape index (κ3) is 1.69. The standard InChI is InChI=1S/C7H5BrN2O/c8-7-6(11)5(1-3-9)2-4-10-7/h2,4,11H,1H2. The van der Waals surface area contributed by atoms with Crippen LogP contribution < -0.4 is 0 Å². The lowest BCUT2D eigenvalue weighted by molar-refractivity contribution is 0.463. The molecule has 0 aliphatic carbocycles. The van der Waals surface area contributed by atoms with Crippen molar-refractivity contribution >= 4 is 15.9 Å². The van der Waals surface area contributed by atoms with Crippen LogP contribution >= 0.6 is 15.9 Å². The van der Waals surface area contributed by atoms with Gasteiger partial charge in [0.15, 0.2) is 5.75 Å². The van der Waals surface area contributed by atoms with Gasteiger partial charge >= 0.3 is 0 Å². The minimum atomic E-state index is 0.0500. The summed E-state index contributed by atoms with van der Waals surface area (Å²) < 4.78 is 0.380. The fourth-order valence-electron chi connectivity index (χ4n) is 0.693. The Bertz CT molecular complexity index is 306. The topological polar surface area (TPSA) is 56.9 Å². The van der Waals surface area contributed by atoms with Crippen LogP contribution in [0.4, 0.5) is 0 Å². The van der Waals surface area contributed by atoms with Crippen molar-refractivity contribution in [2.75, 3.05) is 0 Å². The highest BCUT2D eigenvalue weighted by molar-refractivity contribution is 9.10. The second-order valence-electron chi connectivity index (χ2n) is 1.94. The lowest BCUT2D eigenvalue weighted by Gasteiger charge is -1.99. The summed E-state index contributed by atoms with van der Waals surface area (Å²) in [5, 5.41) is 17.6. The highest BCUT2D eigenvalue weighted by Gasteiger charge is 2.03. The Hall–Kier alpha value is -1.08. The number of nitrogens with zero attached hydrogens (tertiary/aromatic N) is 2. The van der Waals surface area contributed by atoms with Gasteiger partial charge in [-0.15, -0.1) is 0 Å². The average Bonchev–Trinajstić information content (AvgIpc) is 1.99. The summed E-state index contributed by atoms with van der Waals surface area (Å²) in [4.78, 5) is 3.78. The van der Waals surface area contributed by atoms with Crippen LogP contribution in [-0.2, 0) is 6.42 Å². The molecule has 3 nitrogen and oxygen atoms in total. The minimum Gasteiger partial charge on any atom is -0.505 e.